The average molecular weight is 283 g/mol. The van der Waals surface area contributed by atoms with Gasteiger partial charge in [0.2, 0.25) is 5.91 Å². The normalized spacial score (nSPS) is 25.2. The smallest absolute Gasteiger partial charge is 0.220 e. The topological polar surface area (TPSA) is 49.3 Å². The quantitative estimate of drug-likeness (QED) is 0.785. The highest BCUT2D eigenvalue weighted by Crippen LogP contribution is 2.29. The van der Waals surface area contributed by atoms with E-state index in [1.165, 1.54) is 12.8 Å². The van der Waals surface area contributed by atoms with Gasteiger partial charge < -0.3 is 10.4 Å². The van der Waals surface area contributed by atoms with Crippen LogP contribution in [-0.2, 0) is 4.79 Å². The molecule has 20 heavy (non-hydrogen) atoms. The van der Waals surface area contributed by atoms with Gasteiger partial charge in [0.15, 0.2) is 0 Å². The molecule has 0 aromatic carbocycles. The predicted octanol–water partition coefficient (Wildman–Crippen LogP) is 3.36. The molecule has 1 aliphatic rings. The molecule has 3 nitrogen and oxygen atoms in total. The van der Waals surface area contributed by atoms with E-state index < -0.39 is 0 Å². The van der Waals surface area contributed by atoms with E-state index in [4.69, 9.17) is 0 Å². The van der Waals surface area contributed by atoms with Crippen molar-refractivity contribution in [1.82, 2.24) is 5.32 Å². The fraction of sp³-hybridized carbons (Fsp3) is 0.941. The van der Waals surface area contributed by atoms with Gasteiger partial charge in [0, 0.05) is 19.6 Å². The molecule has 2 N–H and O–H groups in total. The maximum absolute atomic E-state index is 12.0. The summed E-state index contributed by atoms with van der Waals surface area (Å²) in [4.78, 5) is 12.0. The molecule has 1 amide bonds. The van der Waals surface area contributed by atoms with E-state index in [0.29, 0.717) is 24.2 Å². The average Bonchev–Trinajstić information content (AvgIpc) is 2.34. The van der Waals surface area contributed by atoms with Gasteiger partial charge in [-0.15, -0.1) is 0 Å². The van der Waals surface area contributed by atoms with Crippen LogP contribution in [0.4, 0.5) is 0 Å². The summed E-state index contributed by atoms with van der Waals surface area (Å²) in [5.74, 6) is 1.45. The number of carbonyl (C=O) groups is 1. The number of carbonyl (C=O) groups excluding carboxylic acids is 1. The van der Waals surface area contributed by atoms with Crippen LogP contribution in [0.3, 0.4) is 0 Å². The minimum absolute atomic E-state index is 0.170. The monoisotopic (exact) mass is 283 g/mol. The lowest BCUT2D eigenvalue weighted by molar-refractivity contribution is -0.122. The molecule has 3 atom stereocenters. The van der Waals surface area contributed by atoms with Gasteiger partial charge >= 0.3 is 0 Å². The molecule has 0 spiro atoms. The molecule has 1 aliphatic carbocycles. The van der Waals surface area contributed by atoms with E-state index in [0.717, 1.165) is 25.8 Å². The standard InChI is InChI=1S/C17H33NO2/c1-13(10-17(2,3)4)9-16(20)18-11-14-7-5-6-8-15(14)12-19/h13-15,19H,5-12H2,1-4H3,(H,18,20). The molecule has 0 radical (unpaired) electrons. The molecule has 118 valence electrons. The number of aliphatic hydroxyl groups excluding tert-OH is 1. The van der Waals surface area contributed by atoms with Crippen molar-refractivity contribution in [2.24, 2.45) is 23.2 Å². The van der Waals surface area contributed by atoms with Crippen LogP contribution in [0.1, 0.15) is 66.2 Å². The Bertz CT molecular complexity index is 296. The second-order valence-electron chi connectivity index (χ2n) is 7.87. The first-order valence-corrected chi connectivity index (χ1v) is 8.19. The van der Waals surface area contributed by atoms with E-state index in [-0.39, 0.29) is 17.9 Å². The third-order valence-corrected chi connectivity index (χ3v) is 4.36. The van der Waals surface area contributed by atoms with Gasteiger partial charge in [0.1, 0.15) is 0 Å². The van der Waals surface area contributed by atoms with Gasteiger partial charge in [-0.1, -0.05) is 40.5 Å². The van der Waals surface area contributed by atoms with Crippen molar-refractivity contribution >= 4 is 5.91 Å². The Hall–Kier alpha value is -0.570. The molecule has 0 saturated heterocycles. The molecular formula is C17H33NO2. The van der Waals surface area contributed by atoms with Crippen molar-refractivity contribution in [1.29, 1.82) is 0 Å². The van der Waals surface area contributed by atoms with Gasteiger partial charge in [-0.2, -0.15) is 0 Å². The van der Waals surface area contributed by atoms with Crippen molar-refractivity contribution in [2.45, 2.75) is 66.2 Å². The van der Waals surface area contributed by atoms with Crippen LogP contribution in [0.2, 0.25) is 0 Å². The molecule has 0 aromatic heterocycles. The Balaban J connectivity index is 2.28. The van der Waals surface area contributed by atoms with Crippen LogP contribution in [0.15, 0.2) is 0 Å². The van der Waals surface area contributed by atoms with Gasteiger partial charge in [0.25, 0.3) is 0 Å². The SMILES string of the molecule is CC(CC(=O)NCC1CCCCC1CO)CC(C)(C)C. The highest BCUT2D eigenvalue weighted by molar-refractivity contribution is 5.76. The number of rotatable bonds is 6. The maximum Gasteiger partial charge on any atom is 0.220 e. The van der Waals surface area contributed by atoms with Crippen LogP contribution in [0.5, 0.6) is 0 Å². The molecule has 1 rings (SSSR count). The molecule has 1 fully saturated rings. The summed E-state index contributed by atoms with van der Waals surface area (Å²) >= 11 is 0. The molecule has 0 heterocycles. The van der Waals surface area contributed by atoms with Gasteiger partial charge in [-0.25, -0.2) is 0 Å². The van der Waals surface area contributed by atoms with Crippen molar-refractivity contribution in [2.75, 3.05) is 13.2 Å². The fourth-order valence-electron chi connectivity index (χ4n) is 3.54. The van der Waals surface area contributed by atoms with E-state index in [1.54, 1.807) is 0 Å². The number of amides is 1. The number of nitrogens with one attached hydrogen (secondary N) is 1. The third kappa shape index (κ3) is 6.74. The molecule has 0 aliphatic heterocycles. The highest BCUT2D eigenvalue weighted by Gasteiger charge is 2.25. The molecule has 1 saturated carbocycles. The Morgan fingerprint density at radius 2 is 1.85 bits per heavy atom. The molecule has 3 heteroatoms. The summed E-state index contributed by atoms with van der Waals surface area (Å²) in [6.07, 6.45) is 6.40. The van der Waals surface area contributed by atoms with Crippen molar-refractivity contribution in [3.05, 3.63) is 0 Å². The maximum atomic E-state index is 12.0. The lowest BCUT2D eigenvalue weighted by atomic mass is 9.79. The van der Waals surface area contributed by atoms with E-state index in [2.05, 4.69) is 33.0 Å². The highest BCUT2D eigenvalue weighted by atomic mass is 16.3. The Kier molecular flexibility index (Phi) is 7.01. The van der Waals surface area contributed by atoms with Crippen LogP contribution in [0, 0.1) is 23.2 Å². The first kappa shape index (κ1) is 17.5. The number of hydrogen-bond donors (Lipinski definition) is 2. The summed E-state index contributed by atoms with van der Waals surface area (Å²) in [7, 11) is 0. The third-order valence-electron chi connectivity index (χ3n) is 4.36. The first-order chi connectivity index (χ1) is 9.31. The first-order valence-electron chi connectivity index (χ1n) is 8.19. The van der Waals surface area contributed by atoms with Crippen molar-refractivity contribution in [3.8, 4) is 0 Å². The molecule has 0 bridgehead atoms. The van der Waals surface area contributed by atoms with Gasteiger partial charge in [-0.05, 0) is 42.4 Å². The minimum atomic E-state index is 0.170. The zero-order valence-corrected chi connectivity index (χ0v) is 13.7. The zero-order chi connectivity index (χ0) is 15.2. The summed E-state index contributed by atoms with van der Waals surface area (Å²) in [5, 5.41) is 12.5. The lowest BCUT2D eigenvalue weighted by Crippen LogP contribution is -2.36. The van der Waals surface area contributed by atoms with Gasteiger partial charge in [0.05, 0.1) is 0 Å². The number of hydrogen-bond acceptors (Lipinski definition) is 2. The molecular weight excluding hydrogens is 250 g/mol. The fourth-order valence-corrected chi connectivity index (χ4v) is 3.54. The minimum Gasteiger partial charge on any atom is -0.396 e. The van der Waals surface area contributed by atoms with Crippen molar-refractivity contribution in [3.63, 3.8) is 0 Å². The predicted molar refractivity (Wildman–Crippen MR) is 83.4 cm³/mol. The summed E-state index contributed by atoms with van der Waals surface area (Å²) in [6.45, 7) is 9.81. The molecule has 3 unspecified atom stereocenters. The second kappa shape index (κ2) is 8.02. The van der Waals surface area contributed by atoms with E-state index in [9.17, 15) is 9.90 Å². The summed E-state index contributed by atoms with van der Waals surface area (Å²) in [5.41, 5.74) is 0.283. The second-order valence-corrected chi connectivity index (χ2v) is 7.87. The lowest BCUT2D eigenvalue weighted by Gasteiger charge is -2.30. The zero-order valence-electron chi connectivity index (χ0n) is 13.7. The largest absolute Gasteiger partial charge is 0.396 e. The van der Waals surface area contributed by atoms with Crippen LogP contribution >= 0.6 is 0 Å². The van der Waals surface area contributed by atoms with Crippen LogP contribution in [0.25, 0.3) is 0 Å². The summed E-state index contributed by atoms with van der Waals surface area (Å²) in [6, 6.07) is 0. The Labute approximate surface area is 124 Å². The van der Waals surface area contributed by atoms with E-state index >= 15 is 0 Å². The summed E-state index contributed by atoms with van der Waals surface area (Å²) < 4.78 is 0. The van der Waals surface area contributed by atoms with E-state index in [1.807, 2.05) is 0 Å². The number of aliphatic hydroxyl groups is 1. The van der Waals surface area contributed by atoms with Crippen LogP contribution in [-0.4, -0.2) is 24.2 Å². The Morgan fingerprint density at radius 3 is 2.40 bits per heavy atom. The Morgan fingerprint density at radius 1 is 1.25 bits per heavy atom. The molecule has 0 aromatic rings. The van der Waals surface area contributed by atoms with Crippen molar-refractivity contribution < 1.29 is 9.90 Å². The van der Waals surface area contributed by atoms with Crippen LogP contribution < -0.4 is 5.32 Å². The van der Waals surface area contributed by atoms with Gasteiger partial charge in [-0.3, -0.25) is 4.79 Å².